The van der Waals surface area contributed by atoms with E-state index in [1.54, 1.807) is 6.92 Å². The number of fused-ring (bicyclic) bond motifs is 3. The molecule has 0 amide bonds. The van der Waals surface area contributed by atoms with Gasteiger partial charge < -0.3 is 5.73 Å². The van der Waals surface area contributed by atoms with Crippen LogP contribution in [0.15, 0.2) is 0 Å². The van der Waals surface area contributed by atoms with Gasteiger partial charge in [-0.05, 0) is 62.7 Å². The normalized spacial score (nSPS) is 51.1. The van der Waals surface area contributed by atoms with Crippen molar-refractivity contribution in [2.24, 2.45) is 28.9 Å². The summed E-state index contributed by atoms with van der Waals surface area (Å²) >= 11 is 0. The maximum absolute atomic E-state index is 11.6. The molecular formula is C14H23NO. The number of hydrogen-bond acceptors (Lipinski definition) is 2. The maximum Gasteiger partial charge on any atom is 0.132 e. The third-order valence-corrected chi connectivity index (χ3v) is 5.85. The van der Waals surface area contributed by atoms with Gasteiger partial charge >= 0.3 is 0 Å². The zero-order valence-electron chi connectivity index (χ0n) is 10.2. The van der Waals surface area contributed by atoms with Crippen LogP contribution in [0.1, 0.15) is 51.9 Å². The third kappa shape index (κ3) is 1.32. The lowest BCUT2D eigenvalue weighted by atomic mass is 9.59. The van der Waals surface area contributed by atoms with E-state index in [1.807, 2.05) is 0 Å². The Morgan fingerprint density at radius 3 is 2.75 bits per heavy atom. The lowest BCUT2D eigenvalue weighted by Crippen LogP contribution is -2.49. The standard InChI is InChI=1S/C14H23NO/c1-9(16)11-3-2-6-14(8-11)12-5-4-10(7-12)13(14)15/h10-13H,2-8,15H2,1H3/t10-,11+,12+,13+,14+/m1/s1. The van der Waals surface area contributed by atoms with Crippen molar-refractivity contribution in [2.45, 2.75) is 57.9 Å². The first-order chi connectivity index (χ1) is 7.63. The van der Waals surface area contributed by atoms with Crippen LogP contribution in [-0.4, -0.2) is 11.8 Å². The Balaban J connectivity index is 1.85. The summed E-state index contributed by atoms with van der Waals surface area (Å²) in [7, 11) is 0. The van der Waals surface area contributed by atoms with E-state index in [-0.39, 0.29) is 0 Å². The number of Topliss-reactive ketones (excluding diaryl/α,β-unsaturated/α-hetero) is 1. The number of rotatable bonds is 1. The van der Waals surface area contributed by atoms with Crippen LogP contribution in [0.3, 0.4) is 0 Å². The molecule has 0 unspecified atom stereocenters. The Kier molecular flexibility index (Phi) is 2.39. The minimum atomic E-state index is 0.319. The fourth-order valence-electron chi connectivity index (χ4n) is 4.97. The molecule has 0 aromatic carbocycles. The lowest BCUT2D eigenvalue weighted by molar-refractivity contribution is -0.124. The van der Waals surface area contributed by atoms with Crippen LogP contribution in [0.4, 0.5) is 0 Å². The van der Waals surface area contributed by atoms with E-state index in [0.717, 1.165) is 24.7 Å². The van der Waals surface area contributed by atoms with Crippen molar-refractivity contribution in [3.8, 4) is 0 Å². The summed E-state index contributed by atoms with van der Waals surface area (Å²) < 4.78 is 0. The van der Waals surface area contributed by atoms with E-state index in [0.29, 0.717) is 23.2 Å². The van der Waals surface area contributed by atoms with Crippen LogP contribution in [0, 0.1) is 23.2 Å². The van der Waals surface area contributed by atoms with E-state index < -0.39 is 0 Å². The molecule has 0 saturated heterocycles. The Hall–Kier alpha value is -0.370. The van der Waals surface area contributed by atoms with Gasteiger partial charge in [0.05, 0.1) is 0 Å². The van der Waals surface area contributed by atoms with Crippen molar-refractivity contribution < 1.29 is 4.79 Å². The molecule has 2 bridgehead atoms. The highest BCUT2D eigenvalue weighted by molar-refractivity contribution is 5.78. The zero-order valence-corrected chi connectivity index (χ0v) is 10.2. The molecule has 0 radical (unpaired) electrons. The highest BCUT2D eigenvalue weighted by atomic mass is 16.1. The second-order valence-corrected chi connectivity index (χ2v) is 6.43. The smallest absolute Gasteiger partial charge is 0.132 e. The molecule has 0 heterocycles. The molecule has 3 fully saturated rings. The largest absolute Gasteiger partial charge is 0.327 e. The van der Waals surface area contributed by atoms with Crippen LogP contribution in [0.25, 0.3) is 0 Å². The van der Waals surface area contributed by atoms with Gasteiger partial charge in [-0.25, -0.2) is 0 Å². The number of nitrogens with two attached hydrogens (primary N) is 1. The van der Waals surface area contributed by atoms with Gasteiger partial charge in [0, 0.05) is 12.0 Å². The van der Waals surface area contributed by atoms with Crippen molar-refractivity contribution in [2.75, 3.05) is 0 Å². The van der Waals surface area contributed by atoms with E-state index in [4.69, 9.17) is 5.73 Å². The highest BCUT2D eigenvalue weighted by Crippen LogP contribution is 2.61. The van der Waals surface area contributed by atoms with Crippen molar-refractivity contribution in [3.05, 3.63) is 0 Å². The monoisotopic (exact) mass is 221 g/mol. The van der Waals surface area contributed by atoms with Crippen LogP contribution in [0.5, 0.6) is 0 Å². The molecule has 0 aromatic heterocycles. The van der Waals surface area contributed by atoms with E-state index >= 15 is 0 Å². The van der Waals surface area contributed by atoms with Gasteiger partial charge in [0.1, 0.15) is 5.78 Å². The minimum absolute atomic E-state index is 0.319. The predicted octanol–water partition coefficient (Wildman–Crippen LogP) is 2.51. The minimum Gasteiger partial charge on any atom is -0.327 e. The summed E-state index contributed by atoms with van der Waals surface area (Å²) in [5.74, 6) is 2.33. The fraction of sp³-hybridized carbons (Fsp3) is 0.929. The first-order valence-electron chi connectivity index (χ1n) is 6.89. The fourth-order valence-corrected chi connectivity index (χ4v) is 4.97. The molecule has 2 N–H and O–H groups in total. The van der Waals surface area contributed by atoms with E-state index in [9.17, 15) is 4.79 Å². The number of hydrogen-bond donors (Lipinski definition) is 1. The van der Waals surface area contributed by atoms with Gasteiger partial charge in [-0.1, -0.05) is 6.42 Å². The second-order valence-electron chi connectivity index (χ2n) is 6.43. The van der Waals surface area contributed by atoms with E-state index in [1.165, 1.54) is 32.1 Å². The van der Waals surface area contributed by atoms with Gasteiger partial charge in [-0.15, -0.1) is 0 Å². The number of ketones is 1. The Morgan fingerprint density at radius 1 is 1.31 bits per heavy atom. The summed E-state index contributed by atoms with van der Waals surface area (Å²) in [5, 5.41) is 0. The molecule has 0 aromatic rings. The first kappa shape index (κ1) is 10.8. The van der Waals surface area contributed by atoms with Crippen LogP contribution < -0.4 is 5.73 Å². The number of carbonyl (C=O) groups excluding carboxylic acids is 1. The molecule has 3 saturated carbocycles. The Morgan fingerprint density at radius 2 is 2.12 bits per heavy atom. The summed E-state index contributed by atoms with van der Waals surface area (Å²) in [6.45, 7) is 1.77. The van der Waals surface area contributed by atoms with Crippen molar-refractivity contribution in [1.82, 2.24) is 0 Å². The second kappa shape index (κ2) is 3.56. The number of carbonyl (C=O) groups is 1. The molecule has 3 aliphatic rings. The van der Waals surface area contributed by atoms with Gasteiger partial charge in [0.15, 0.2) is 0 Å². The van der Waals surface area contributed by atoms with Crippen molar-refractivity contribution >= 4 is 5.78 Å². The summed E-state index contributed by atoms with van der Waals surface area (Å²) in [4.78, 5) is 11.6. The SMILES string of the molecule is CC(=O)[C@H]1CCC[C@]2(C1)[C@H]1CC[C@H](C1)[C@@H]2N. The molecule has 2 nitrogen and oxygen atoms in total. The average Bonchev–Trinajstić information content (AvgIpc) is 2.84. The molecule has 5 atom stereocenters. The predicted molar refractivity (Wildman–Crippen MR) is 63.9 cm³/mol. The average molecular weight is 221 g/mol. The van der Waals surface area contributed by atoms with Crippen LogP contribution in [-0.2, 0) is 4.79 Å². The molecule has 16 heavy (non-hydrogen) atoms. The maximum atomic E-state index is 11.6. The zero-order chi connectivity index (χ0) is 11.3. The van der Waals surface area contributed by atoms with Gasteiger partial charge in [-0.3, -0.25) is 4.79 Å². The van der Waals surface area contributed by atoms with Crippen LogP contribution >= 0.6 is 0 Å². The Bertz CT molecular complexity index is 310. The third-order valence-electron chi connectivity index (χ3n) is 5.85. The highest BCUT2D eigenvalue weighted by Gasteiger charge is 2.57. The van der Waals surface area contributed by atoms with Gasteiger partial charge in [0.25, 0.3) is 0 Å². The quantitative estimate of drug-likeness (QED) is 0.739. The lowest BCUT2D eigenvalue weighted by Gasteiger charge is -2.47. The summed E-state index contributed by atoms with van der Waals surface area (Å²) in [5.41, 5.74) is 6.84. The topological polar surface area (TPSA) is 43.1 Å². The molecular weight excluding hydrogens is 198 g/mol. The summed E-state index contributed by atoms with van der Waals surface area (Å²) in [6, 6.07) is 0.397. The first-order valence-corrected chi connectivity index (χ1v) is 6.89. The van der Waals surface area contributed by atoms with Crippen LogP contribution in [0.2, 0.25) is 0 Å². The molecule has 0 aliphatic heterocycles. The molecule has 3 rings (SSSR count). The van der Waals surface area contributed by atoms with Gasteiger partial charge in [0.2, 0.25) is 0 Å². The molecule has 2 heteroatoms. The van der Waals surface area contributed by atoms with Crippen molar-refractivity contribution in [1.29, 1.82) is 0 Å². The summed E-state index contributed by atoms with van der Waals surface area (Å²) in [6.07, 6.45) is 8.80. The van der Waals surface area contributed by atoms with Gasteiger partial charge in [-0.2, -0.15) is 0 Å². The van der Waals surface area contributed by atoms with Crippen molar-refractivity contribution in [3.63, 3.8) is 0 Å². The Labute approximate surface area is 98.0 Å². The molecule has 90 valence electrons. The van der Waals surface area contributed by atoms with E-state index in [2.05, 4.69) is 0 Å². The molecule has 3 aliphatic carbocycles. The molecule has 1 spiro atoms.